The van der Waals surface area contributed by atoms with Crippen LogP contribution < -0.4 is 4.74 Å². The van der Waals surface area contributed by atoms with Crippen LogP contribution in [0.2, 0.25) is 0 Å². The second kappa shape index (κ2) is 12.0. The first-order valence-corrected chi connectivity index (χ1v) is 13.9. The number of amides is 1. The van der Waals surface area contributed by atoms with E-state index in [1.54, 1.807) is 11.0 Å². The zero-order valence-corrected chi connectivity index (χ0v) is 23.1. The molecule has 0 radical (unpaired) electrons. The SMILES string of the molecule is C#C/C=C\C=C/C/C=C\C1CCN(CCC2(C(C)C)CC3Oc4ccc(C(F)(F)F)cc4CN3C2=O)C[C@@H]1C. The molecule has 4 atom stereocenters. The Hall–Kier alpha value is -2.98. The summed E-state index contributed by atoms with van der Waals surface area (Å²) >= 11 is 0. The number of hydrogen-bond acceptors (Lipinski definition) is 3. The van der Waals surface area contributed by atoms with E-state index in [-0.39, 0.29) is 18.4 Å². The molecule has 4 nitrogen and oxygen atoms in total. The van der Waals surface area contributed by atoms with Crippen LogP contribution in [-0.4, -0.2) is 41.6 Å². The van der Waals surface area contributed by atoms with Crippen molar-refractivity contribution in [2.24, 2.45) is 23.2 Å². The van der Waals surface area contributed by atoms with Gasteiger partial charge in [-0.25, -0.2) is 0 Å². The standard InChI is InChI=1S/C32H39F3N2O2/c1-5-6-7-8-9-10-11-12-25-15-17-36(21-24(25)4)18-16-31(23(2)3)20-29-37(30(31)38)22-26-19-27(32(33,34)35)13-14-28(26)39-29/h1,6-9,11-14,19,23-25,29H,10,15-18,20-22H2,2-4H3/b7-6-,9-8-,12-11-/t24-,25?,29?,31?/m0/s1. The van der Waals surface area contributed by atoms with E-state index in [2.05, 4.69) is 49.8 Å². The third kappa shape index (κ3) is 6.44. The highest BCUT2D eigenvalue weighted by Gasteiger charge is 2.55. The molecule has 3 unspecified atom stereocenters. The van der Waals surface area contributed by atoms with E-state index in [4.69, 9.17) is 11.2 Å². The van der Waals surface area contributed by atoms with Gasteiger partial charge in [0.25, 0.3) is 0 Å². The molecule has 0 saturated carbocycles. The van der Waals surface area contributed by atoms with Gasteiger partial charge in [-0.15, -0.1) is 6.42 Å². The molecule has 0 aromatic heterocycles. The Morgan fingerprint density at radius 2 is 2.05 bits per heavy atom. The molecule has 210 valence electrons. The number of carbonyl (C=O) groups is 1. The van der Waals surface area contributed by atoms with E-state index in [9.17, 15) is 18.0 Å². The fraction of sp³-hybridized carbons (Fsp3) is 0.531. The van der Waals surface area contributed by atoms with Crippen LogP contribution in [0.5, 0.6) is 5.75 Å². The molecule has 3 aliphatic rings. The third-order valence-corrected chi connectivity index (χ3v) is 8.69. The molecule has 2 fully saturated rings. The van der Waals surface area contributed by atoms with Crippen LogP contribution >= 0.6 is 0 Å². The molecule has 39 heavy (non-hydrogen) atoms. The van der Waals surface area contributed by atoms with Gasteiger partial charge in [-0.3, -0.25) is 4.79 Å². The molecular weight excluding hydrogens is 501 g/mol. The molecular formula is C32H39F3N2O2. The molecule has 3 aliphatic heterocycles. The molecule has 7 heteroatoms. The summed E-state index contributed by atoms with van der Waals surface area (Å²) in [6.45, 7) is 9.36. The number of fused-ring (bicyclic) bond motifs is 2. The predicted octanol–water partition coefficient (Wildman–Crippen LogP) is 6.84. The van der Waals surface area contributed by atoms with Crippen molar-refractivity contribution in [1.82, 2.24) is 9.80 Å². The van der Waals surface area contributed by atoms with Gasteiger partial charge in [-0.05, 0) is 74.4 Å². The molecule has 1 aromatic carbocycles. The number of rotatable bonds is 8. The minimum atomic E-state index is -4.43. The summed E-state index contributed by atoms with van der Waals surface area (Å²) < 4.78 is 45.8. The molecule has 0 spiro atoms. The van der Waals surface area contributed by atoms with Crippen molar-refractivity contribution in [2.45, 2.75) is 65.4 Å². The maximum absolute atomic E-state index is 13.8. The summed E-state index contributed by atoms with van der Waals surface area (Å²) in [5, 5.41) is 0. The van der Waals surface area contributed by atoms with Crippen LogP contribution in [0.25, 0.3) is 0 Å². The highest BCUT2D eigenvalue weighted by atomic mass is 19.4. The van der Waals surface area contributed by atoms with Crippen LogP contribution in [0.4, 0.5) is 13.2 Å². The van der Waals surface area contributed by atoms with E-state index >= 15 is 0 Å². The van der Waals surface area contributed by atoms with Gasteiger partial charge in [0, 0.05) is 18.5 Å². The van der Waals surface area contributed by atoms with Crippen molar-refractivity contribution in [3.8, 4) is 18.1 Å². The predicted molar refractivity (Wildman–Crippen MR) is 147 cm³/mol. The highest BCUT2D eigenvalue weighted by Crippen LogP contribution is 2.49. The summed E-state index contributed by atoms with van der Waals surface area (Å²) in [4.78, 5) is 17.9. The Morgan fingerprint density at radius 1 is 1.26 bits per heavy atom. The number of nitrogens with zero attached hydrogens (tertiary/aromatic N) is 2. The molecule has 1 aromatic rings. The van der Waals surface area contributed by atoms with Crippen molar-refractivity contribution in [1.29, 1.82) is 0 Å². The molecule has 0 bridgehead atoms. The van der Waals surface area contributed by atoms with Crippen molar-refractivity contribution >= 4 is 5.91 Å². The van der Waals surface area contributed by atoms with E-state index in [0.29, 0.717) is 36.0 Å². The average molecular weight is 541 g/mol. The van der Waals surface area contributed by atoms with Crippen molar-refractivity contribution < 1.29 is 22.7 Å². The summed E-state index contributed by atoms with van der Waals surface area (Å²) in [6, 6.07) is 3.55. The van der Waals surface area contributed by atoms with Gasteiger partial charge in [0.15, 0.2) is 6.23 Å². The van der Waals surface area contributed by atoms with E-state index in [0.717, 1.165) is 44.6 Å². The lowest BCUT2D eigenvalue weighted by Gasteiger charge is -2.38. The minimum Gasteiger partial charge on any atom is -0.470 e. The molecule has 3 heterocycles. The van der Waals surface area contributed by atoms with Gasteiger partial charge in [0.1, 0.15) is 5.75 Å². The van der Waals surface area contributed by atoms with Crippen LogP contribution in [0.15, 0.2) is 54.7 Å². The molecule has 4 rings (SSSR count). The molecule has 2 saturated heterocycles. The summed E-state index contributed by atoms with van der Waals surface area (Å²) in [5.74, 6) is 4.05. The van der Waals surface area contributed by atoms with Gasteiger partial charge >= 0.3 is 6.18 Å². The number of carbonyl (C=O) groups excluding carboxylic acids is 1. The van der Waals surface area contributed by atoms with Crippen LogP contribution in [0.3, 0.4) is 0 Å². The lowest BCUT2D eigenvalue weighted by atomic mass is 9.72. The van der Waals surface area contributed by atoms with E-state index < -0.39 is 23.4 Å². The quantitative estimate of drug-likeness (QED) is 0.206. The third-order valence-electron chi connectivity index (χ3n) is 8.69. The first-order chi connectivity index (χ1) is 18.5. The fourth-order valence-electron chi connectivity index (χ4n) is 6.21. The number of allylic oxidation sites excluding steroid dienone is 6. The number of benzene rings is 1. The maximum atomic E-state index is 13.8. The lowest BCUT2D eigenvalue weighted by Crippen LogP contribution is -2.45. The van der Waals surface area contributed by atoms with Gasteiger partial charge in [0.2, 0.25) is 5.91 Å². The number of terminal acetylenes is 1. The van der Waals surface area contributed by atoms with Gasteiger partial charge in [0.05, 0.1) is 17.5 Å². The van der Waals surface area contributed by atoms with Crippen molar-refractivity contribution in [3.63, 3.8) is 0 Å². The first kappa shape index (κ1) is 29.0. The fourth-order valence-corrected chi connectivity index (χ4v) is 6.21. The second-order valence-electron chi connectivity index (χ2n) is 11.4. The number of ether oxygens (including phenoxy) is 1. The minimum absolute atomic E-state index is 0.00146. The zero-order chi connectivity index (χ0) is 28.2. The van der Waals surface area contributed by atoms with Crippen LogP contribution in [-0.2, 0) is 17.5 Å². The van der Waals surface area contributed by atoms with Gasteiger partial charge in [-0.1, -0.05) is 57.1 Å². The number of likely N-dealkylation sites (tertiary alicyclic amines) is 1. The van der Waals surface area contributed by atoms with Crippen LogP contribution in [0.1, 0.15) is 57.6 Å². The zero-order valence-electron chi connectivity index (χ0n) is 23.1. The summed E-state index contributed by atoms with van der Waals surface area (Å²) in [6.07, 6.45) is 15.7. The van der Waals surface area contributed by atoms with E-state index in [1.807, 2.05) is 12.2 Å². The summed E-state index contributed by atoms with van der Waals surface area (Å²) in [5.41, 5.74) is -0.886. The largest absolute Gasteiger partial charge is 0.470 e. The normalized spacial score (nSPS) is 27.9. The smallest absolute Gasteiger partial charge is 0.416 e. The Balaban J connectivity index is 1.35. The summed E-state index contributed by atoms with van der Waals surface area (Å²) in [7, 11) is 0. The van der Waals surface area contributed by atoms with Crippen molar-refractivity contribution in [3.05, 3.63) is 65.8 Å². The topological polar surface area (TPSA) is 32.8 Å². The maximum Gasteiger partial charge on any atom is 0.416 e. The number of piperidine rings is 1. The number of halogens is 3. The van der Waals surface area contributed by atoms with Crippen LogP contribution in [0, 0.1) is 35.5 Å². The monoisotopic (exact) mass is 540 g/mol. The van der Waals surface area contributed by atoms with Gasteiger partial charge < -0.3 is 14.5 Å². The number of hydrogen-bond donors (Lipinski definition) is 0. The second-order valence-corrected chi connectivity index (χ2v) is 11.4. The average Bonchev–Trinajstić information content (AvgIpc) is 3.17. The molecule has 1 amide bonds. The highest BCUT2D eigenvalue weighted by molar-refractivity contribution is 5.86. The Morgan fingerprint density at radius 3 is 2.74 bits per heavy atom. The molecule has 0 N–H and O–H groups in total. The molecule has 0 aliphatic carbocycles. The van der Waals surface area contributed by atoms with Crippen molar-refractivity contribution in [2.75, 3.05) is 19.6 Å². The Labute approximate surface area is 230 Å². The van der Waals surface area contributed by atoms with Gasteiger partial charge in [-0.2, -0.15) is 13.2 Å². The first-order valence-electron chi connectivity index (χ1n) is 13.9. The van der Waals surface area contributed by atoms with E-state index in [1.165, 1.54) is 6.07 Å². The Bertz CT molecular complexity index is 1160. The number of alkyl halides is 3. The Kier molecular flexibility index (Phi) is 8.96. The lowest BCUT2D eigenvalue weighted by molar-refractivity contribution is -0.142.